The van der Waals surface area contributed by atoms with Gasteiger partial charge in [0.05, 0.1) is 0 Å². The van der Waals surface area contributed by atoms with Crippen LogP contribution in [-0.2, 0) is 14.1 Å². The van der Waals surface area contributed by atoms with Crippen LogP contribution in [0.5, 0.6) is 0 Å². The maximum atomic E-state index is 8.97. The minimum Gasteiger partial charge on any atom is -0.284 e. The quantitative estimate of drug-likeness (QED) is 0.281. The topological polar surface area (TPSA) is 35.5 Å². The van der Waals surface area contributed by atoms with Gasteiger partial charge in [-0.3, -0.25) is 9.68 Å². The fraction of sp³-hybridized carbons (Fsp3) is 0. The zero-order valence-electron chi connectivity index (χ0n) is 2.18. The summed E-state index contributed by atoms with van der Waals surface area (Å²) in [4.78, 5) is 12.4. The highest BCUT2D eigenvalue weighted by Crippen LogP contribution is 1.72. The van der Waals surface area contributed by atoms with E-state index in [0.29, 0.717) is 0 Å². The van der Waals surface area contributed by atoms with Gasteiger partial charge in [-0.15, -0.1) is 0 Å². The van der Waals surface area contributed by atoms with Crippen molar-refractivity contribution in [2.75, 3.05) is 0 Å². The predicted molar refractivity (Wildman–Crippen MR) is 14.1 cm³/mol. The highest BCUT2D eigenvalue weighted by Gasteiger charge is 1.64. The Morgan fingerprint density at radius 3 is 2.40 bits per heavy atom. The van der Waals surface area contributed by atoms with E-state index in [9.17, 15) is 0 Å². The third-order valence-electron chi connectivity index (χ3n) is 0.0757. The van der Waals surface area contributed by atoms with E-state index in [1.165, 1.54) is 0 Å². The molecule has 0 aliphatic carbocycles. The van der Waals surface area contributed by atoms with Crippen molar-refractivity contribution in [3.05, 3.63) is 0 Å². The van der Waals surface area contributed by atoms with Crippen LogP contribution in [0.25, 0.3) is 0 Å². The Bertz CT molecular complexity index is 28.1. The van der Waals surface area contributed by atoms with E-state index in [1.54, 1.807) is 0 Å². The van der Waals surface area contributed by atoms with Gasteiger partial charge in [-0.1, -0.05) is 4.44 Å². The van der Waals surface area contributed by atoms with Crippen LogP contribution in [0.2, 0.25) is 0 Å². The molecule has 30 valence electrons. The van der Waals surface area contributed by atoms with E-state index in [2.05, 4.69) is 21.2 Å². The van der Waals surface area contributed by atoms with E-state index >= 15 is 0 Å². The molecule has 0 saturated heterocycles. The summed E-state index contributed by atoms with van der Waals surface area (Å²) in [6.07, 6.45) is 0. The van der Waals surface area contributed by atoms with Gasteiger partial charge in [0.1, 0.15) is 11.9 Å². The summed E-state index contributed by atoms with van der Waals surface area (Å²) in [6, 6.07) is 0. The van der Waals surface area contributed by atoms with Crippen LogP contribution in [0.15, 0.2) is 0 Å². The zero-order chi connectivity index (χ0) is 4.12. The van der Waals surface area contributed by atoms with Crippen molar-refractivity contribution in [3.8, 4) is 0 Å². The Balaban J connectivity index is 2.40. The molecule has 0 aliphatic heterocycles. The molecule has 5 heavy (non-hydrogen) atoms. The normalized spacial score (nSPS) is 6.60. The van der Waals surface area contributed by atoms with Crippen molar-refractivity contribution in [3.63, 3.8) is 0 Å². The Morgan fingerprint density at radius 2 is 2.40 bits per heavy atom. The lowest BCUT2D eigenvalue weighted by Gasteiger charge is -1.74. The second kappa shape index (κ2) is 3.72. The number of halogens is 1. The van der Waals surface area contributed by atoms with Crippen LogP contribution in [0, 0.1) is 0 Å². The van der Waals surface area contributed by atoms with Crippen molar-refractivity contribution < 1.29 is 14.1 Å². The highest BCUT2D eigenvalue weighted by molar-refractivity contribution is 6.06. The smallest absolute Gasteiger partial charge is 0.284 e. The van der Waals surface area contributed by atoms with Crippen LogP contribution in [0.4, 0.5) is 0 Å². The summed E-state index contributed by atoms with van der Waals surface area (Å²) < 4.78 is 3.30. The number of hydrogen-bond donors (Lipinski definition) is 0. The Hall–Kier alpha value is -0.280. The zero-order valence-corrected chi connectivity index (χ0v) is 2.94. The standard InChI is InChI=1S/CHClO3/c2-5-4-1-3/h1H. The minimum absolute atomic E-state index is 0.0764. The molecule has 0 aromatic rings. The first-order chi connectivity index (χ1) is 2.41. The van der Waals surface area contributed by atoms with Crippen LogP contribution in [-0.4, -0.2) is 6.47 Å². The van der Waals surface area contributed by atoms with Crippen LogP contribution >= 0.6 is 11.9 Å². The van der Waals surface area contributed by atoms with Crippen molar-refractivity contribution >= 4 is 18.3 Å². The fourth-order valence-electron chi connectivity index (χ4n) is 0.0148. The number of hydrogen-bond acceptors (Lipinski definition) is 3. The molecule has 0 amide bonds. The van der Waals surface area contributed by atoms with Gasteiger partial charge in [-0.05, 0) is 0 Å². The molecule has 0 fully saturated rings. The lowest BCUT2D eigenvalue weighted by molar-refractivity contribution is -0.194. The molecule has 0 heterocycles. The summed E-state index contributed by atoms with van der Waals surface area (Å²) in [7, 11) is 0. The summed E-state index contributed by atoms with van der Waals surface area (Å²) in [5, 5.41) is 0. The molecule has 0 unspecified atom stereocenters. The monoisotopic (exact) mass is 96.0 g/mol. The maximum absolute atomic E-state index is 8.97. The maximum Gasteiger partial charge on any atom is 0.332 e. The number of carbonyl (C=O) groups is 1. The second-order valence-corrected chi connectivity index (χ2v) is 0.381. The van der Waals surface area contributed by atoms with Gasteiger partial charge < -0.3 is 0 Å². The molecular weight excluding hydrogens is 95.5 g/mol. The lowest BCUT2D eigenvalue weighted by Crippen LogP contribution is -1.74. The van der Waals surface area contributed by atoms with E-state index in [0.717, 1.165) is 0 Å². The van der Waals surface area contributed by atoms with Gasteiger partial charge in [-0.25, -0.2) is 0 Å². The van der Waals surface area contributed by atoms with Gasteiger partial charge in [0.25, 0.3) is 0 Å². The lowest BCUT2D eigenvalue weighted by atomic mass is 11.7. The van der Waals surface area contributed by atoms with E-state index in [-0.39, 0.29) is 6.47 Å². The summed E-state index contributed by atoms with van der Waals surface area (Å²) in [5.41, 5.74) is 0. The molecule has 4 heteroatoms. The Labute approximate surface area is 33.5 Å². The summed E-state index contributed by atoms with van der Waals surface area (Å²) in [6.45, 7) is 0.0764. The van der Waals surface area contributed by atoms with Crippen molar-refractivity contribution in [1.82, 2.24) is 0 Å². The van der Waals surface area contributed by atoms with Crippen molar-refractivity contribution in [2.45, 2.75) is 0 Å². The molecule has 0 aromatic heterocycles. The first-order valence-electron chi connectivity index (χ1n) is 0.792. The van der Waals surface area contributed by atoms with Crippen molar-refractivity contribution in [2.24, 2.45) is 0 Å². The predicted octanol–water partition coefficient (Wildman–Crippen LogP) is 0.245. The molecule has 0 bridgehead atoms. The first-order valence-corrected chi connectivity index (χ1v) is 1.10. The number of rotatable bonds is 2. The van der Waals surface area contributed by atoms with Crippen LogP contribution < -0.4 is 0 Å². The third-order valence-corrected chi connectivity index (χ3v) is 0.148. The van der Waals surface area contributed by atoms with E-state index in [4.69, 9.17) is 4.79 Å². The first kappa shape index (κ1) is 4.72. The van der Waals surface area contributed by atoms with Gasteiger partial charge in [0, 0.05) is 0 Å². The molecule has 0 N–H and O–H groups in total. The van der Waals surface area contributed by atoms with Gasteiger partial charge >= 0.3 is 6.47 Å². The largest absolute Gasteiger partial charge is 0.332 e. The molecular formula is CHClO3. The van der Waals surface area contributed by atoms with Crippen molar-refractivity contribution in [1.29, 1.82) is 0 Å². The van der Waals surface area contributed by atoms with Gasteiger partial charge in [-0.2, -0.15) is 0 Å². The SMILES string of the molecule is O=COOCl. The number of carbonyl (C=O) groups excluding carboxylic acids is 1. The van der Waals surface area contributed by atoms with E-state index < -0.39 is 0 Å². The van der Waals surface area contributed by atoms with E-state index in [1.807, 2.05) is 0 Å². The molecule has 3 nitrogen and oxygen atoms in total. The average Bonchev–Trinajstić information content (AvgIpc) is 1.41. The molecule has 0 radical (unpaired) electrons. The second-order valence-electron chi connectivity index (χ2n) is 0.255. The Morgan fingerprint density at radius 1 is 1.80 bits per heavy atom. The third kappa shape index (κ3) is 3.72. The summed E-state index contributed by atoms with van der Waals surface area (Å²) in [5.74, 6) is 0. The van der Waals surface area contributed by atoms with Gasteiger partial charge in [0.2, 0.25) is 0 Å². The van der Waals surface area contributed by atoms with Crippen LogP contribution in [0.3, 0.4) is 0 Å². The Kier molecular flexibility index (Phi) is 3.51. The minimum atomic E-state index is 0.0764. The molecule has 0 saturated carbocycles. The molecule has 0 rings (SSSR count). The molecule has 0 spiro atoms. The summed E-state index contributed by atoms with van der Waals surface area (Å²) >= 11 is 4.35. The van der Waals surface area contributed by atoms with Gasteiger partial charge in [0.15, 0.2) is 0 Å². The molecule has 0 atom stereocenters. The highest BCUT2D eigenvalue weighted by atomic mass is 35.5. The fourth-order valence-corrected chi connectivity index (χ4v) is 0.0445. The molecule has 0 aromatic carbocycles. The molecule has 0 aliphatic rings. The van der Waals surface area contributed by atoms with Crippen LogP contribution in [0.1, 0.15) is 0 Å². The average molecular weight is 96.5 g/mol.